The molecule has 0 radical (unpaired) electrons. The highest BCUT2D eigenvalue weighted by atomic mass is 16.4. The minimum atomic E-state index is -1.22. The highest BCUT2D eigenvalue weighted by Crippen LogP contribution is 2.27. The molecule has 1 amide bonds. The van der Waals surface area contributed by atoms with Gasteiger partial charge >= 0.3 is 0 Å². The SMILES string of the molecule is CCc1cccc(C)c1NC(=O)C1=C(C(=O)[O-])CCCC1. The van der Waals surface area contributed by atoms with Crippen molar-refractivity contribution in [1.82, 2.24) is 0 Å². The summed E-state index contributed by atoms with van der Waals surface area (Å²) >= 11 is 0. The third kappa shape index (κ3) is 3.32. The van der Waals surface area contributed by atoms with Gasteiger partial charge in [-0.05, 0) is 55.7 Å². The summed E-state index contributed by atoms with van der Waals surface area (Å²) < 4.78 is 0. The summed E-state index contributed by atoms with van der Waals surface area (Å²) in [5.74, 6) is -1.53. The van der Waals surface area contributed by atoms with Crippen molar-refractivity contribution in [2.45, 2.75) is 46.0 Å². The van der Waals surface area contributed by atoms with E-state index in [0.717, 1.165) is 36.1 Å². The summed E-state index contributed by atoms with van der Waals surface area (Å²) in [6, 6.07) is 5.86. The Labute approximate surface area is 124 Å². The molecule has 0 bridgehead atoms. The lowest BCUT2D eigenvalue weighted by Gasteiger charge is -2.21. The van der Waals surface area contributed by atoms with Crippen molar-refractivity contribution < 1.29 is 14.7 Å². The Balaban J connectivity index is 2.31. The van der Waals surface area contributed by atoms with E-state index in [4.69, 9.17) is 0 Å². The molecule has 0 saturated heterocycles. The normalized spacial score (nSPS) is 15.0. The Morgan fingerprint density at radius 3 is 2.48 bits per heavy atom. The second kappa shape index (κ2) is 6.57. The van der Waals surface area contributed by atoms with Crippen LogP contribution in [0.5, 0.6) is 0 Å². The van der Waals surface area contributed by atoms with Gasteiger partial charge in [0.15, 0.2) is 0 Å². The fourth-order valence-electron chi connectivity index (χ4n) is 2.77. The van der Waals surface area contributed by atoms with Gasteiger partial charge in [0, 0.05) is 11.3 Å². The van der Waals surface area contributed by atoms with E-state index in [1.54, 1.807) is 0 Å². The lowest BCUT2D eigenvalue weighted by Crippen LogP contribution is -2.30. The number of hydrogen-bond donors (Lipinski definition) is 1. The maximum absolute atomic E-state index is 12.4. The molecule has 112 valence electrons. The first kappa shape index (κ1) is 15.3. The monoisotopic (exact) mass is 286 g/mol. The van der Waals surface area contributed by atoms with E-state index in [0.29, 0.717) is 18.4 Å². The van der Waals surface area contributed by atoms with Crippen molar-refractivity contribution in [1.29, 1.82) is 0 Å². The molecule has 0 spiro atoms. The Kier molecular flexibility index (Phi) is 4.78. The minimum absolute atomic E-state index is 0.158. The summed E-state index contributed by atoms with van der Waals surface area (Å²) in [4.78, 5) is 23.6. The zero-order chi connectivity index (χ0) is 15.4. The first-order valence-corrected chi connectivity index (χ1v) is 7.37. The molecule has 4 nitrogen and oxygen atoms in total. The average Bonchev–Trinajstić information content (AvgIpc) is 2.49. The van der Waals surface area contributed by atoms with Crippen LogP contribution < -0.4 is 10.4 Å². The van der Waals surface area contributed by atoms with Gasteiger partial charge in [0.25, 0.3) is 5.91 Å². The third-order valence-corrected chi connectivity index (χ3v) is 3.97. The van der Waals surface area contributed by atoms with Crippen molar-refractivity contribution in [3.63, 3.8) is 0 Å². The van der Waals surface area contributed by atoms with Crippen LogP contribution in [0.4, 0.5) is 5.69 Å². The van der Waals surface area contributed by atoms with E-state index in [-0.39, 0.29) is 11.5 Å². The number of carboxylic acid groups (broad SMARTS) is 1. The van der Waals surface area contributed by atoms with Crippen molar-refractivity contribution in [3.05, 3.63) is 40.5 Å². The van der Waals surface area contributed by atoms with Crippen LogP contribution in [-0.4, -0.2) is 11.9 Å². The number of para-hydroxylation sites is 1. The number of hydrogen-bond acceptors (Lipinski definition) is 3. The Bertz CT molecular complexity index is 602. The number of anilines is 1. The van der Waals surface area contributed by atoms with E-state index in [1.165, 1.54) is 0 Å². The van der Waals surface area contributed by atoms with Crippen LogP contribution in [0.25, 0.3) is 0 Å². The smallest absolute Gasteiger partial charge is 0.251 e. The number of rotatable bonds is 4. The highest BCUT2D eigenvalue weighted by molar-refractivity contribution is 6.09. The topological polar surface area (TPSA) is 69.2 Å². The fourth-order valence-corrected chi connectivity index (χ4v) is 2.77. The molecule has 0 aromatic heterocycles. The summed E-state index contributed by atoms with van der Waals surface area (Å²) in [6.07, 6.45) is 3.37. The van der Waals surface area contributed by atoms with Crippen molar-refractivity contribution in [2.75, 3.05) is 5.32 Å². The molecule has 1 aliphatic carbocycles. The van der Waals surface area contributed by atoms with Gasteiger partial charge in [0.05, 0.1) is 5.97 Å². The maximum Gasteiger partial charge on any atom is 0.251 e. The predicted octanol–water partition coefficient (Wildman–Crippen LogP) is 2.12. The molecule has 0 fully saturated rings. The maximum atomic E-state index is 12.4. The Morgan fingerprint density at radius 1 is 1.19 bits per heavy atom. The van der Waals surface area contributed by atoms with Crippen LogP contribution >= 0.6 is 0 Å². The average molecular weight is 286 g/mol. The van der Waals surface area contributed by atoms with Gasteiger partial charge < -0.3 is 15.2 Å². The van der Waals surface area contributed by atoms with Crippen molar-refractivity contribution >= 4 is 17.6 Å². The molecule has 1 aromatic carbocycles. The predicted molar refractivity (Wildman–Crippen MR) is 79.7 cm³/mol. The van der Waals surface area contributed by atoms with Gasteiger partial charge in [0.2, 0.25) is 0 Å². The molecule has 0 atom stereocenters. The lowest BCUT2D eigenvalue weighted by atomic mass is 9.91. The zero-order valence-electron chi connectivity index (χ0n) is 12.5. The first-order chi connectivity index (χ1) is 10.0. The van der Waals surface area contributed by atoms with Crippen LogP contribution in [0.3, 0.4) is 0 Å². The second-order valence-electron chi connectivity index (χ2n) is 5.37. The largest absolute Gasteiger partial charge is 0.545 e. The standard InChI is InChI=1S/C17H21NO3/c1-3-12-8-6-7-11(2)15(12)18-16(19)13-9-4-5-10-14(13)17(20)21/h6-8H,3-5,9-10H2,1-2H3,(H,18,19)(H,20,21)/p-1. The minimum Gasteiger partial charge on any atom is -0.545 e. The molecule has 0 heterocycles. The van der Waals surface area contributed by atoms with E-state index in [1.807, 2.05) is 32.0 Å². The summed E-state index contributed by atoms with van der Waals surface area (Å²) in [7, 11) is 0. The number of aryl methyl sites for hydroxylation is 2. The van der Waals surface area contributed by atoms with Crippen LogP contribution in [0.2, 0.25) is 0 Å². The van der Waals surface area contributed by atoms with E-state index in [9.17, 15) is 14.7 Å². The molecule has 4 heteroatoms. The zero-order valence-corrected chi connectivity index (χ0v) is 12.5. The van der Waals surface area contributed by atoms with Crippen LogP contribution in [0, 0.1) is 6.92 Å². The first-order valence-electron chi connectivity index (χ1n) is 7.37. The van der Waals surface area contributed by atoms with Crippen LogP contribution in [-0.2, 0) is 16.0 Å². The molecule has 1 aromatic rings. The van der Waals surface area contributed by atoms with Gasteiger partial charge in [-0.3, -0.25) is 4.79 Å². The van der Waals surface area contributed by atoms with Crippen molar-refractivity contribution in [3.8, 4) is 0 Å². The number of carboxylic acids is 1. The van der Waals surface area contributed by atoms with Gasteiger partial charge in [-0.1, -0.05) is 25.1 Å². The number of amides is 1. The number of nitrogens with one attached hydrogen (secondary N) is 1. The van der Waals surface area contributed by atoms with Gasteiger partial charge in [0.1, 0.15) is 0 Å². The van der Waals surface area contributed by atoms with Gasteiger partial charge in [-0.2, -0.15) is 0 Å². The third-order valence-electron chi connectivity index (χ3n) is 3.97. The Morgan fingerprint density at radius 2 is 1.86 bits per heavy atom. The quantitative estimate of drug-likeness (QED) is 0.921. The second-order valence-corrected chi connectivity index (χ2v) is 5.37. The fraction of sp³-hybridized carbons (Fsp3) is 0.412. The highest BCUT2D eigenvalue weighted by Gasteiger charge is 2.20. The number of carbonyl (C=O) groups is 2. The Hall–Kier alpha value is -2.10. The summed E-state index contributed by atoms with van der Waals surface area (Å²) in [5.41, 5.74) is 3.35. The molecule has 0 saturated carbocycles. The van der Waals surface area contributed by atoms with Crippen molar-refractivity contribution in [2.24, 2.45) is 0 Å². The number of benzene rings is 1. The summed E-state index contributed by atoms with van der Waals surface area (Å²) in [5, 5.41) is 14.1. The molecule has 0 aliphatic heterocycles. The van der Waals surface area contributed by atoms with E-state index >= 15 is 0 Å². The molecule has 0 unspecified atom stereocenters. The molecular formula is C17H20NO3-. The molecule has 1 N–H and O–H groups in total. The van der Waals surface area contributed by atoms with E-state index < -0.39 is 5.97 Å². The van der Waals surface area contributed by atoms with Gasteiger partial charge in [-0.15, -0.1) is 0 Å². The van der Waals surface area contributed by atoms with E-state index in [2.05, 4.69) is 5.32 Å². The van der Waals surface area contributed by atoms with Crippen LogP contribution in [0.1, 0.15) is 43.7 Å². The molecular weight excluding hydrogens is 266 g/mol. The lowest BCUT2D eigenvalue weighted by molar-refractivity contribution is -0.299. The molecule has 21 heavy (non-hydrogen) atoms. The summed E-state index contributed by atoms with van der Waals surface area (Å²) in [6.45, 7) is 3.96. The number of aliphatic carboxylic acids is 1. The molecule has 2 rings (SSSR count). The van der Waals surface area contributed by atoms with Gasteiger partial charge in [-0.25, -0.2) is 0 Å². The number of carbonyl (C=O) groups excluding carboxylic acids is 2. The molecule has 1 aliphatic rings. The van der Waals surface area contributed by atoms with Crippen LogP contribution in [0.15, 0.2) is 29.3 Å².